The first-order valence-electron chi connectivity index (χ1n) is 7.37. The van der Waals surface area contributed by atoms with E-state index in [0.29, 0.717) is 6.61 Å². The molecule has 0 amide bonds. The summed E-state index contributed by atoms with van der Waals surface area (Å²) in [4.78, 5) is 14.0. The van der Waals surface area contributed by atoms with Gasteiger partial charge in [-0.15, -0.1) is 11.3 Å². The normalized spacial score (nSPS) is 13.3. The molecular weight excluding hydrogens is 292 g/mol. The highest BCUT2D eigenvalue weighted by atomic mass is 32.1. The van der Waals surface area contributed by atoms with Gasteiger partial charge in [-0.2, -0.15) is 0 Å². The second-order valence-electron chi connectivity index (χ2n) is 5.11. The number of esters is 1. The molecule has 118 valence electrons. The molecule has 0 fully saturated rings. The molecule has 0 aliphatic heterocycles. The molecule has 0 bridgehead atoms. The Kier molecular flexibility index (Phi) is 7.61. The van der Waals surface area contributed by atoms with Gasteiger partial charge >= 0.3 is 5.97 Å². The fraction of sp³-hybridized carbons (Fsp3) is 0.316. The minimum atomic E-state index is -0.298. The molecule has 0 atom stereocenters. The summed E-state index contributed by atoms with van der Waals surface area (Å²) in [5.41, 5.74) is 3.30. The van der Waals surface area contributed by atoms with Crippen LogP contribution in [0.25, 0.3) is 6.08 Å². The third kappa shape index (κ3) is 6.72. The number of hydrogen-bond acceptors (Lipinski definition) is 3. The molecule has 0 saturated heterocycles. The van der Waals surface area contributed by atoms with Gasteiger partial charge in [0.15, 0.2) is 0 Å². The lowest BCUT2D eigenvalue weighted by molar-refractivity contribution is -0.137. The molecule has 1 aromatic rings. The van der Waals surface area contributed by atoms with Crippen molar-refractivity contribution >= 4 is 23.4 Å². The van der Waals surface area contributed by atoms with Crippen LogP contribution >= 0.6 is 11.3 Å². The van der Waals surface area contributed by atoms with Crippen molar-refractivity contribution in [3.63, 3.8) is 0 Å². The van der Waals surface area contributed by atoms with Crippen molar-refractivity contribution in [1.82, 2.24) is 0 Å². The lowest BCUT2D eigenvalue weighted by Gasteiger charge is -1.96. The molecule has 1 rings (SSSR count). The van der Waals surface area contributed by atoms with E-state index < -0.39 is 0 Å². The van der Waals surface area contributed by atoms with Crippen LogP contribution in [0.5, 0.6) is 0 Å². The summed E-state index contributed by atoms with van der Waals surface area (Å²) in [7, 11) is 0. The zero-order valence-corrected chi connectivity index (χ0v) is 14.8. The molecule has 0 aliphatic carbocycles. The largest absolute Gasteiger partial charge is 0.463 e. The number of rotatable bonds is 6. The first-order valence-corrected chi connectivity index (χ1v) is 8.19. The monoisotopic (exact) mass is 316 g/mol. The molecule has 0 aliphatic rings. The molecule has 1 aromatic heterocycles. The lowest BCUT2D eigenvalue weighted by atomic mass is 10.1. The first kappa shape index (κ1) is 18.2. The maximum atomic E-state index is 11.3. The molecular formula is C19H24O2S. The topological polar surface area (TPSA) is 26.3 Å². The smallest absolute Gasteiger partial charge is 0.330 e. The van der Waals surface area contributed by atoms with Gasteiger partial charge in [0.05, 0.1) is 6.61 Å². The summed E-state index contributed by atoms with van der Waals surface area (Å²) in [6.07, 6.45) is 11.6. The summed E-state index contributed by atoms with van der Waals surface area (Å²) in [6.45, 7) is 10.4. The Morgan fingerprint density at radius 2 is 1.95 bits per heavy atom. The van der Waals surface area contributed by atoms with E-state index in [4.69, 9.17) is 4.74 Å². The van der Waals surface area contributed by atoms with Crippen molar-refractivity contribution in [2.45, 2.75) is 34.6 Å². The summed E-state index contributed by atoms with van der Waals surface area (Å²) >= 11 is 1.82. The third-order valence-corrected chi connectivity index (χ3v) is 3.94. The Bertz CT molecular complexity index is 628. The maximum absolute atomic E-state index is 11.3. The van der Waals surface area contributed by atoms with Crippen LogP contribution in [0.15, 0.2) is 47.6 Å². The van der Waals surface area contributed by atoms with E-state index in [1.165, 1.54) is 21.4 Å². The Morgan fingerprint density at radius 3 is 2.55 bits per heavy atom. The fourth-order valence-corrected chi connectivity index (χ4v) is 2.78. The number of carbonyl (C=O) groups is 1. The molecule has 0 radical (unpaired) electrons. The lowest BCUT2D eigenvalue weighted by Crippen LogP contribution is -1.99. The maximum Gasteiger partial charge on any atom is 0.330 e. The van der Waals surface area contributed by atoms with Gasteiger partial charge in [0, 0.05) is 15.8 Å². The first-order chi connectivity index (χ1) is 10.4. The number of ether oxygens (including phenoxy) is 1. The minimum absolute atomic E-state index is 0.298. The van der Waals surface area contributed by atoms with Crippen LogP contribution in [0.4, 0.5) is 0 Å². The number of thiophene rings is 1. The second kappa shape index (κ2) is 9.21. The zero-order chi connectivity index (χ0) is 16.5. The fourth-order valence-electron chi connectivity index (χ4n) is 1.86. The summed E-state index contributed by atoms with van der Waals surface area (Å²) < 4.78 is 4.87. The molecule has 0 saturated carbocycles. The van der Waals surface area contributed by atoms with Crippen LogP contribution in [-0.2, 0) is 9.53 Å². The Morgan fingerprint density at radius 1 is 1.23 bits per heavy atom. The van der Waals surface area contributed by atoms with E-state index in [-0.39, 0.29) is 5.97 Å². The predicted molar refractivity (Wildman–Crippen MR) is 96.1 cm³/mol. The van der Waals surface area contributed by atoms with Gasteiger partial charge in [0.1, 0.15) is 0 Å². The van der Waals surface area contributed by atoms with Gasteiger partial charge in [-0.1, -0.05) is 36.0 Å². The van der Waals surface area contributed by atoms with Crippen molar-refractivity contribution in [3.05, 3.63) is 62.9 Å². The van der Waals surface area contributed by atoms with Gasteiger partial charge in [-0.05, 0) is 51.8 Å². The van der Waals surface area contributed by atoms with Crippen molar-refractivity contribution in [2.24, 2.45) is 0 Å². The van der Waals surface area contributed by atoms with Gasteiger partial charge in [-0.25, -0.2) is 4.79 Å². The SMILES string of the molecule is CCOC(=O)/C=C(C)/C=C/C=C(\C)C=Cc1cc(C)sc1C. The quantitative estimate of drug-likeness (QED) is 0.399. The van der Waals surface area contributed by atoms with Crippen LogP contribution < -0.4 is 0 Å². The highest BCUT2D eigenvalue weighted by molar-refractivity contribution is 7.12. The van der Waals surface area contributed by atoms with E-state index in [2.05, 4.69) is 39.0 Å². The van der Waals surface area contributed by atoms with Gasteiger partial charge in [-0.3, -0.25) is 0 Å². The average molecular weight is 316 g/mol. The second-order valence-corrected chi connectivity index (χ2v) is 6.57. The Labute approximate surface area is 137 Å². The molecule has 0 aromatic carbocycles. The Balaban J connectivity index is 2.64. The summed E-state index contributed by atoms with van der Waals surface area (Å²) in [5, 5.41) is 0. The van der Waals surface area contributed by atoms with Crippen LogP contribution in [0.1, 0.15) is 36.1 Å². The Hall–Kier alpha value is -1.87. The van der Waals surface area contributed by atoms with Gasteiger partial charge < -0.3 is 4.74 Å². The number of hydrogen-bond donors (Lipinski definition) is 0. The number of aryl methyl sites for hydroxylation is 2. The molecule has 1 heterocycles. The van der Waals surface area contributed by atoms with Gasteiger partial charge in [0.25, 0.3) is 0 Å². The van der Waals surface area contributed by atoms with E-state index in [1.807, 2.05) is 36.5 Å². The van der Waals surface area contributed by atoms with Crippen LogP contribution in [-0.4, -0.2) is 12.6 Å². The molecule has 3 heteroatoms. The van der Waals surface area contributed by atoms with Crippen LogP contribution in [0.3, 0.4) is 0 Å². The van der Waals surface area contributed by atoms with E-state index in [1.54, 1.807) is 6.92 Å². The predicted octanol–water partition coefficient (Wildman–Crippen LogP) is 5.39. The van der Waals surface area contributed by atoms with Crippen molar-refractivity contribution in [3.8, 4) is 0 Å². The van der Waals surface area contributed by atoms with Crippen LogP contribution in [0.2, 0.25) is 0 Å². The minimum Gasteiger partial charge on any atom is -0.463 e. The highest BCUT2D eigenvalue weighted by Gasteiger charge is 1.98. The standard InChI is InChI=1S/C19H24O2S/c1-6-21-19(20)12-15(3)9-7-8-14(2)10-11-18-13-16(4)22-17(18)5/h7-13H,6H2,1-5H3/b9-7+,11-10?,14-8+,15-12+. The third-order valence-electron chi connectivity index (χ3n) is 2.96. The molecule has 0 unspecified atom stereocenters. The van der Waals surface area contributed by atoms with E-state index in [0.717, 1.165) is 11.1 Å². The molecule has 0 N–H and O–H groups in total. The summed E-state index contributed by atoms with van der Waals surface area (Å²) in [5.74, 6) is -0.298. The van der Waals surface area contributed by atoms with Crippen molar-refractivity contribution in [1.29, 1.82) is 0 Å². The molecule has 2 nitrogen and oxygen atoms in total. The van der Waals surface area contributed by atoms with Crippen molar-refractivity contribution in [2.75, 3.05) is 6.61 Å². The van der Waals surface area contributed by atoms with Gasteiger partial charge in [0.2, 0.25) is 0 Å². The van der Waals surface area contributed by atoms with E-state index in [9.17, 15) is 4.79 Å². The van der Waals surface area contributed by atoms with Crippen molar-refractivity contribution < 1.29 is 9.53 Å². The zero-order valence-electron chi connectivity index (χ0n) is 14.0. The number of carbonyl (C=O) groups excluding carboxylic acids is 1. The average Bonchev–Trinajstić information content (AvgIpc) is 2.74. The molecule has 0 spiro atoms. The summed E-state index contributed by atoms with van der Waals surface area (Å²) in [6, 6.07) is 2.20. The molecule has 22 heavy (non-hydrogen) atoms. The highest BCUT2D eigenvalue weighted by Crippen LogP contribution is 2.22. The number of allylic oxidation sites excluding steroid dienone is 6. The van der Waals surface area contributed by atoms with E-state index >= 15 is 0 Å². The van der Waals surface area contributed by atoms with Crippen LogP contribution in [0, 0.1) is 13.8 Å².